The van der Waals surface area contributed by atoms with E-state index < -0.39 is 5.97 Å². The lowest BCUT2D eigenvalue weighted by molar-refractivity contribution is 0.0697. The van der Waals surface area contributed by atoms with E-state index in [1.165, 1.54) is 12.1 Å². The topological polar surface area (TPSA) is 69.6 Å². The van der Waals surface area contributed by atoms with Crippen molar-refractivity contribution in [1.29, 1.82) is 0 Å². The largest absolute Gasteiger partial charge is 0.478 e. The Kier molecular flexibility index (Phi) is 4.73. The van der Waals surface area contributed by atoms with Gasteiger partial charge in [-0.3, -0.25) is 0 Å². The average molecular weight is 311 g/mol. The molecule has 0 aliphatic carbocycles. The highest BCUT2D eigenvalue weighted by molar-refractivity contribution is 6.33. The molecule has 1 aromatic carbocycles. The summed E-state index contributed by atoms with van der Waals surface area (Å²) in [4.78, 5) is 25.1. The summed E-state index contributed by atoms with van der Waals surface area (Å²) < 4.78 is 0. The number of aromatic carboxylic acids is 1. The highest BCUT2D eigenvalue weighted by Crippen LogP contribution is 2.25. The molecular weight excluding hydrogens is 292 g/mol. The molecule has 1 aromatic rings. The number of piperidine rings is 1. The third-order valence-corrected chi connectivity index (χ3v) is 4.19. The van der Waals surface area contributed by atoms with E-state index in [4.69, 9.17) is 16.7 Å². The van der Waals surface area contributed by atoms with E-state index >= 15 is 0 Å². The van der Waals surface area contributed by atoms with Crippen molar-refractivity contribution in [1.82, 2.24) is 4.90 Å². The van der Waals surface area contributed by atoms with Gasteiger partial charge in [0.05, 0.1) is 10.6 Å². The minimum Gasteiger partial charge on any atom is -0.478 e. The lowest BCUT2D eigenvalue weighted by Gasteiger charge is -2.38. The van der Waals surface area contributed by atoms with Crippen LogP contribution >= 0.6 is 11.6 Å². The number of anilines is 1. The standard InChI is InChI=1S/C15H19ClN2O3/c1-9-4-3-5-10(2)18(9)15(21)17-11-6-7-12(14(19)20)13(16)8-11/h6-10H,3-5H2,1-2H3,(H,17,21)(H,19,20). The number of carboxylic acid groups (broad SMARTS) is 1. The van der Waals surface area contributed by atoms with E-state index in [9.17, 15) is 9.59 Å². The van der Waals surface area contributed by atoms with Gasteiger partial charge in [-0.05, 0) is 51.3 Å². The van der Waals surface area contributed by atoms with Gasteiger partial charge in [0, 0.05) is 17.8 Å². The normalized spacial score (nSPS) is 22.0. The fourth-order valence-corrected chi connectivity index (χ4v) is 3.04. The molecule has 1 aliphatic rings. The van der Waals surface area contributed by atoms with E-state index in [2.05, 4.69) is 5.32 Å². The number of nitrogens with one attached hydrogen (secondary N) is 1. The summed E-state index contributed by atoms with van der Waals surface area (Å²) in [6.45, 7) is 4.07. The fraction of sp³-hybridized carbons (Fsp3) is 0.467. The van der Waals surface area contributed by atoms with Crippen LogP contribution in [0.5, 0.6) is 0 Å². The van der Waals surface area contributed by atoms with Crippen LogP contribution in [0.4, 0.5) is 10.5 Å². The van der Waals surface area contributed by atoms with Crippen molar-refractivity contribution >= 4 is 29.3 Å². The number of urea groups is 1. The number of hydrogen-bond donors (Lipinski definition) is 2. The summed E-state index contributed by atoms with van der Waals surface area (Å²) in [5, 5.41) is 11.8. The number of carboxylic acids is 1. The molecular formula is C15H19ClN2O3. The molecule has 5 nitrogen and oxygen atoms in total. The first-order valence-electron chi connectivity index (χ1n) is 7.02. The summed E-state index contributed by atoms with van der Waals surface area (Å²) in [5.41, 5.74) is 0.523. The Morgan fingerprint density at radius 1 is 1.29 bits per heavy atom. The van der Waals surface area contributed by atoms with Crippen molar-refractivity contribution in [2.24, 2.45) is 0 Å². The maximum atomic E-state index is 12.4. The quantitative estimate of drug-likeness (QED) is 0.872. The maximum absolute atomic E-state index is 12.4. The zero-order valence-corrected chi connectivity index (χ0v) is 12.9. The lowest BCUT2D eigenvalue weighted by Crippen LogP contribution is -2.49. The predicted molar refractivity (Wildman–Crippen MR) is 82.0 cm³/mol. The first-order valence-corrected chi connectivity index (χ1v) is 7.40. The second-order valence-electron chi connectivity index (χ2n) is 5.47. The Bertz CT molecular complexity index is 552. The van der Waals surface area contributed by atoms with Crippen LogP contribution in [-0.4, -0.2) is 34.1 Å². The van der Waals surface area contributed by atoms with Crippen LogP contribution in [0.25, 0.3) is 0 Å². The molecule has 0 bridgehead atoms. The van der Waals surface area contributed by atoms with Gasteiger partial charge < -0.3 is 15.3 Å². The van der Waals surface area contributed by atoms with E-state index in [-0.39, 0.29) is 28.7 Å². The number of nitrogens with zero attached hydrogens (tertiary/aromatic N) is 1. The average Bonchev–Trinajstić information content (AvgIpc) is 2.37. The number of rotatable bonds is 2. The second-order valence-corrected chi connectivity index (χ2v) is 5.87. The monoisotopic (exact) mass is 310 g/mol. The zero-order chi connectivity index (χ0) is 15.6. The molecule has 0 saturated carbocycles. The second kappa shape index (κ2) is 6.35. The van der Waals surface area contributed by atoms with Gasteiger partial charge in [0.1, 0.15) is 0 Å². The minimum absolute atomic E-state index is 0.0226. The van der Waals surface area contributed by atoms with Crippen LogP contribution in [0.2, 0.25) is 5.02 Å². The molecule has 2 amide bonds. The summed E-state index contributed by atoms with van der Waals surface area (Å²) in [6.07, 6.45) is 3.12. The Hall–Kier alpha value is -1.75. The highest BCUT2D eigenvalue weighted by atomic mass is 35.5. The maximum Gasteiger partial charge on any atom is 0.337 e. The van der Waals surface area contributed by atoms with Gasteiger partial charge in [-0.15, -0.1) is 0 Å². The number of amides is 2. The van der Waals surface area contributed by atoms with E-state index in [0.717, 1.165) is 19.3 Å². The van der Waals surface area contributed by atoms with Crippen LogP contribution in [0.1, 0.15) is 43.5 Å². The Morgan fingerprint density at radius 3 is 2.43 bits per heavy atom. The van der Waals surface area contributed by atoms with Gasteiger partial charge in [-0.1, -0.05) is 11.6 Å². The SMILES string of the molecule is CC1CCCC(C)N1C(=O)Nc1ccc(C(=O)O)c(Cl)c1. The fourth-order valence-electron chi connectivity index (χ4n) is 2.78. The van der Waals surface area contributed by atoms with Gasteiger partial charge in [-0.25, -0.2) is 9.59 Å². The lowest BCUT2D eigenvalue weighted by atomic mass is 9.98. The Balaban J connectivity index is 2.12. The zero-order valence-electron chi connectivity index (χ0n) is 12.1. The first kappa shape index (κ1) is 15.6. The van der Waals surface area contributed by atoms with Crippen LogP contribution < -0.4 is 5.32 Å². The van der Waals surface area contributed by atoms with Gasteiger partial charge >= 0.3 is 12.0 Å². The first-order chi connectivity index (χ1) is 9.90. The third-order valence-electron chi connectivity index (χ3n) is 3.88. The number of likely N-dealkylation sites (tertiary alicyclic amines) is 1. The minimum atomic E-state index is -1.09. The number of carbonyl (C=O) groups excluding carboxylic acids is 1. The van der Waals surface area contributed by atoms with Crippen LogP contribution in [0, 0.1) is 0 Å². The molecule has 1 heterocycles. The highest BCUT2D eigenvalue weighted by Gasteiger charge is 2.29. The van der Waals surface area contributed by atoms with Gasteiger partial charge in [0.15, 0.2) is 0 Å². The van der Waals surface area contributed by atoms with Crippen LogP contribution in [-0.2, 0) is 0 Å². The molecule has 2 N–H and O–H groups in total. The van der Waals surface area contributed by atoms with Gasteiger partial charge in [0.2, 0.25) is 0 Å². The van der Waals surface area contributed by atoms with Crippen molar-refractivity contribution in [3.05, 3.63) is 28.8 Å². The Labute approximate surface area is 128 Å². The molecule has 0 aromatic heterocycles. The molecule has 2 unspecified atom stereocenters. The van der Waals surface area contributed by atoms with Crippen LogP contribution in [0.3, 0.4) is 0 Å². The van der Waals surface area contributed by atoms with Crippen molar-refractivity contribution in [3.63, 3.8) is 0 Å². The summed E-state index contributed by atoms with van der Waals surface area (Å²) in [5.74, 6) is -1.09. The molecule has 1 aliphatic heterocycles. The summed E-state index contributed by atoms with van der Waals surface area (Å²) in [7, 11) is 0. The van der Waals surface area contributed by atoms with Crippen LogP contribution in [0.15, 0.2) is 18.2 Å². The molecule has 21 heavy (non-hydrogen) atoms. The van der Waals surface area contributed by atoms with Gasteiger partial charge in [0.25, 0.3) is 0 Å². The molecule has 6 heteroatoms. The molecule has 2 rings (SSSR count). The molecule has 0 spiro atoms. The number of benzene rings is 1. The number of hydrogen-bond acceptors (Lipinski definition) is 2. The number of carbonyl (C=O) groups is 2. The van der Waals surface area contributed by atoms with Crippen molar-refractivity contribution < 1.29 is 14.7 Å². The third kappa shape index (κ3) is 3.47. The molecule has 0 radical (unpaired) electrons. The predicted octanol–water partition coefficient (Wildman–Crippen LogP) is 3.83. The number of halogens is 1. The smallest absolute Gasteiger partial charge is 0.337 e. The van der Waals surface area contributed by atoms with Gasteiger partial charge in [-0.2, -0.15) is 0 Å². The molecule has 1 fully saturated rings. The molecule has 2 atom stereocenters. The van der Waals surface area contributed by atoms with E-state index in [0.29, 0.717) is 5.69 Å². The van der Waals surface area contributed by atoms with E-state index in [1.807, 2.05) is 18.7 Å². The Morgan fingerprint density at radius 2 is 1.90 bits per heavy atom. The van der Waals surface area contributed by atoms with Crippen molar-refractivity contribution in [3.8, 4) is 0 Å². The molecule has 114 valence electrons. The summed E-state index contributed by atoms with van der Waals surface area (Å²) >= 11 is 5.91. The van der Waals surface area contributed by atoms with E-state index in [1.54, 1.807) is 6.07 Å². The van der Waals surface area contributed by atoms with Crippen molar-refractivity contribution in [2.75, 3.05) is 5.32 Å². The molecule has 1 saturated heterocycles. The summed E-state index contributed by atoms with van der Waals surface area (Å²) in [6, 6.07) is 4.62. The van der Waals surface area contributed by atoms with Crippen molar-refractivity contribution in [2.45, 2.75) is 45.2 Å².